The number of fused-ring (bicyclic) bond motifs is 1. The van der Waals surface area contributed by atoms with Crippen LogP contribution in [0.4, 0.5) is 0 Å². The van der Waals surface area contributed by atoms with Crippen molar-refractivity contribution in [3.05, 3.63) is 29.8 Å². The van der Waals surface area contributed by atoms with Crippen molar-refractivity contribution in [2.75, 3.05) is 6.54 Å². The largest absolute Gasteiger partial charge is 0.477 e. The van der Waals surface area contributed by atoms with Gasteiger partial charge in [-0.3, -0.25) is 4.79 Å². The van der Waals surface area contributed by atoms with Crippen LogP contribution in [0.25, 0.3) is 0 Å². The van der Waals surface area contributed by atoms with E-state index in [4.69, 9.17) is 4.74 Å². The molecule has 2 rings (SSSR count). The van der Waals surface area contributed by atoms with E-state index in [2.05, 4.69) is 5.32 Å². The lowest BCUT2D eigenvalue weighted by Crippen LogP contribution is -2.50. The topological polar surface area (TPSA) is 38.3 Å². The molecule has 0 bridgehead atoms. The monoisotopic (exact) mass is 219 g/mol. The van der Waals surface area contributed by atoms with Crippen LogP contribution in [0.1, 0.15) is 25.8 Å². The van der Waals surface area contributed by atoms with Crippen molar-refractivity contribution >= 4 is 5.91 Å². The summed E-state index contributed by atoms with van der Waals surface area (Å²) in [7, 11) is 0. The van der Waals surface area contributed by atoms with Gasteiger partial charge in [-0.15, -0.1) is 0 Å². The first-order valence-corrected chi connectivity index (χ1v) is 5.77. The Morgan fingerprint density at radius 1 is 1.44 bits per heavy atom. The molecule has 86 valence electrons. The second-order valence-electron chi connectivity index (χ2n) is 4.09. The zero-order valence-electron chi connectivity index (χ0n) is 9.75. The van der Waals surface area contributed by atoms with E-state index in [9.17, 15) is 4.79 Å². The second kappa shape index (κ2) is 4.16. The molecule has 0 saturated carbocycles. The summed E-state index contributed by atoms with van der Waals surface area (Å²) in [5, 5.41) is 2.85. The second-order valence-corrected chi connectivity index (χ2v) is 4.09. The molecule has 1 unspecified atom stereocenters. The Balaban J connectivity index is 2.26. The van der Waals surface area contributed by atoms with Gasteiger partial charge in [-0.05, 0) is 25.0 Å². The van der Waals surface area contributed by atoms with Gasteiger partial charge in [0.05, 0.1) is 0 Å². The van der Waals surface area contributed by atoms with E-state index in [0.29, 0.717) is 19.4 Å². The first-order valence-electron chi connectivity index (χ1n) is 5.77. The zero-order chi connectivity index (χ0) is 11.6. The number of rotatable bonds is 3. The predicted octanol–water partition coefficient (Wildman–Crippen LogP) is 1.91. The molecule has 3 heteroatoms. The molecule has 1 aromatic rings. The highest BCUT2D eigenvalue weighted by Gasteiger charge is 2.44. The van der Waals surface area contributed by atoms with Gasteiger partial charge < -0.3 is 10.1 Å². The number of benzene rings is 1. The van der Waals surface area contributed by atoms with Crippen molar-refractivity contribution in [2.45, 2.75) is 32.3 Å². The van der Waals surface area contributed by atoms with Crippen LogP contribution in [-0.4, -0.2) is 18.1 Å². The van der Waals surface area contributed by atoms with Gasteiger partial charge in [-0.1, -0.05) is 25.1 Å². The molecule has 0 radical (unpaired) electrons. The number of likely N-dealkylation sites (N-methyl/N-ethyl adjacent to an activating group) is 1. The standard InChI is InChI=1S/C13H17NO2/c1-3-13(12(15)14-4-2)9-10-7-5-6-8-11(10)16-13/h5-8H,3-4,9H2,1-2H3,(H,14,15). The number of carbonyl (C=O) groups is 1. The summed E-state index contributed by atoms with van der Waals surface area (Å²) >= 11 is 0. The molecule has 0 fully saturated rings. The van der Waals surface area contributed by atoms with Crippen LogP contribution in [-0.2, 0) is 11.2 Å². The quantitative estimate of drug-likeness (QED) is 0.843. The van der Waals surface area contributed by atoms with Crippen LogP contribution in [0.5, 0.6) is 5.75 Å². The highest BCUT2D eigenvalue weighted by Crippen LogP contribution is 2.36. The molecule has 1 amide bonds. The number of hydrogen-bond donors (Lipinski definition) is 1. The van der Waals surface area contributed by atoms with Gasteiger partial charge >= 0.3 is 0 Å². The Hall–Kier alpha value is -1.51. The Kier molecular flexibility index (Phi) is 2.86. The van der Waals surface area contributed by atoms with Crippen molar-refractivity contribution < 1.29 is 9.53 Å². The lowest BCUT2D eigenvalue weighted by molar-refractivity contribution is -0.135. The smallest absolute Gasteiger partial charge is 0.264 e. The molecular weight excluding hydrogens is 202 g/mol. The molecule has 1 aliphatic heterocycles. The SMILES string of the molecule is CCNC(=O)C1(CC)Cc2ccccc2O1. The van der Waals surface area contributed by atoms with Crippen LogP contribution in [0.3, 0.4) is 0 Å². The van der Waals surface area contributed by atoms with Gasteiger partial charge in [0.1, 0.15) is 5.75 Å². The number of amides is 1. The Morgan fingerprint density at radius 3 is 2.81 bits per heavy atom. The third-order valence-electron chi connectivity index (χ3n) is 3.08. The molecule has 0 aromatic heterocycles. The zero-order valence-corrected chi connectivity index (χ0v) is 9.75. The maximum Gasteiger partial charge on any atom is 0.264 e. The molecule has 1 N–H and O–H groups in total. The molecule has 1 aromatic carbocycles. The summed E-state index contributed by atoms with van der Waals surface area (Å²) < 4.78 is 5.85. The number of hydrogen-bond acceptors (Lipinski definition) is 2. The molecule has 1 aliphatic rings. The van der Waals surface area contributed by atoms with E-state index in [-0.39, 0.29) is 5.91 Å². The van der Waals surface area contributed by atoms with Crippen LogP contribution in [0.2, 0.25) is 0 Å². The molecule has 1 atom stereocenters. The van der Waals surface area contributed by atoms with Crippen LogP contribution in [0.15, 0.2) is 24.3 Å². The lowest BCUT2D eigenvalue weighted by Gasteiger charge is -2.25. The van der Waals surface area contributed by atoms with Gasteiger partial charge in [0, 0.05) is 13.0 Å². The Labute approximate surface area is 95.8 Å². The van der Waals surface area contributed by atoms with Crippen LogP contribution in [0, 0.1) is 0 Å². The highest BCUT2D eigenvalue weighted by molar-refractivity contribution is 5.87. The van der Waals surface area contributed by atoms with Crippen LogP contribution < -0.4 is 10.1 Å². The van der Waals surface area contributed by atoms with Gasteiger partial charge in [0.25, 0.3) is 5.91 Å². The van der Waals surface area contributed by atoms with Crippen molar-refractivity contribution in [1.29, 1.82) is 0 Å². The first kappa shape index (κ1) is 11.0. The van der Waals surface area contributed by atoms with E-state index < -0.39 is 5.60 Å². The molecule has 16 heavy (non-hydrogen) atoms. The van der Waals surface area contributed by atoms with Crippen molar-refractivity contribution in [2.24, 2.45) is 0 Å². The maximum atomic E-state index is 12.0. The molecule has 3 nitrogen and oxygen atoms in total. The summed E-state index contributed by atoms with van der Waals surface area (Å²) in [6.45, 7) is 4.55. The summed E-state index contributed by atoms with van der Waals surface area (Å²) in [6.07, 6.45) is 1.36. The normalized spacial score (nSPS) is 22.4. The third kappa shape index (κ3) is 1.66. The highest BCUT2D eigenvalue weighted by atomic mass is 16.5. The Bertz CT molecular complexity index is 376. The molecule has 0 saturated heterocycles. The predicted molar refractivity (Wildman–Crippen MR) is 62.5 cm³/mol. The van der Waals surface area contributed by atoms with E-state index in [1.165, 1.54) is 0 Å². The minimum Gasteiger partial charge on any atom is -0.477 e. The summed E-state index contributed by atoms with van der Waals surface area (Å²) in [5.41, 5.74) is 0.426. The van der Waals surface area contributed by atoms with Gasteiger partial charge in [0.2, 0.25) is 0 Å². The van der Waals surface area contributed by atoms with E-state index >= 15 is 0 Å². The average Bonchev–Trinajstić information content (AvgIpc) is 2.69. The first-order chi connectivity index (χ1) is 7.72. The number of carbonyl (C=O) groups excluding carboxylic acids is 1. The third-order valence-corrected chi connectivity index (χ3v) is 3.08. The minimum atomic E-state index is -0.695. The van der Waals surface area contributed by atoms with Crippen LogP contribution >= 0.6 is 0 Å². The summed E-state index contributed by atoms with van der Waals surface area (Å²) in [5.74, 6) is 0.837. The van der Waals surface area contributed by atoms with Crippen molar-refractivity contribution in [1.82, 2.24) is 5.32 Å². The fraction of sp³-hybridized carbons (Fsp3) is 0.462. The van der Waals surface area contributed by atoms with Crippen molar-refractivity contribution in [3.63, 3.8) is 0 Å². The number of ether oxygens (including phenoxy) is 1. The molecular formula is C13H17NO2. The van der Waals surface area contributed by atoms with Gasteiger partial charge in [-0.25, -0.2) is 0 Å². The van der Waals surface area contributed by atoms with E-state index in [0.717, 1.165) is 11.3 Å². The van der Waals surface area contributed by atoms with E-state index in [1.807, 2.05) is 38.1 Å². The average molecular weight is 219 g/mol. The minimum absolute atomic E-state index is 0.00583. The Morgan fingerprint density at radius 2 is 2.19 bits per heavy atom. The lowest BCUT2D eigenvalue weighted by atomic mass is 9.93. The number of para-hydroxylation sites is 1. The summed E-state index contributed by atoms with van der Waals surface area (Å²) in [4.78, 5) is 12.0. The van der Waals surface area contributed by atoms with Gasteiger partial charge in [-0.2, -0.15) is 0 Å². The summed E-state index contributed by atoms with van der Waals surface area (Å²) in [6, 6.07) is 7.85. The number of nitrogens with one attached hydrogen (secondary N) is 1. The van der Waals surface area contributed by atoms with Crippen molar-refractivity contribution in [3.8, 4) is 5.75 Å². The maximum absolute atomic E-state index is 12.0. The fourth-order valence-electron chi connectivity index (χ4n) is 2.11. The molecule has 0 spiro atoms. The molecule has 1 heterocycles. The fourth-order valence-corrected chi connectivity index (χ4v) is 2.11. The van der Waals surface area contributed by atoms with E-state index in [1.54, 1.807) is 0 Å². The van der Waals surface area contributed by atoms with Gasteiger partial charge in [0.15, 0.2) is 5.60 Å². The molecule has 0 aliphatic carbocycles.